The van der Waals surface area contributed by atoms with E-state index in [1.54, 1.807) is 17.7 Å². The number of piperazine rings is 1. The number of aromatic nitrogens is 2. The number of nitrogens with one attached hydrogen (secondary N) is 1. The van der Waals surface area contributed by atoms with Crippen LogP contribution in [0.4, 0.5) is 5.82 Å². The molecule has 1 aliphatic carbocycles. The maximum atomic E-state index is 12.4. The van der Waals surface area contributed by atoms with Crippen LogP contribution in [0.5, 0.6) is 0 Å². The Morgan fingerprint density at radius 2 is 1.93 bits per heavy atom. The van der Waals surface area contributed by atoms with Crippen LogP contribution < -0.4 is 10.2 Å². The fourth-order valence-corrected chi connectivity index (χ4v) is 5.12. The highest BCUT2D eigenvalue weighted by Gasteiger charge is 2.24. The predicted octanol–water partition coefficient (Wildman–Crippen LogP) is 2.82. The number of amides is 1. The predicted molar refractivity (Wildman–Crippen MR) is 110 cm³/mol. The average Bonchev–Trinajstić information content (AvgIpc) is 3.06. The van der Waals surface area contributed by atoms with E-state index in [-0.39, 0.29) is 5.91 Å². The van der Waals surface area contributed by atoms with Crippen molar-refractivity contribution in [3.05, 3.63) is 17.3 Å². The van der Waals surface area contributed by atoms with Gasteiger partial charge >= 0.3 is 0 Å². The molecule has 6 nitrogen and oxygen atoms in total. The van der Waals surface area contributed by atoms with Crippen molar-refractivity contribution in [1.82, 2.24) is 20.2 Å². The molecule has 0 radical (unpaired) electrons. The Labute approximate surface area is 165 Å². The number of fused-ring (bicyclic) bond motifs is 1. The van der Waals surface area contributed by atoms with Gasteiger partial charge in [0.25, 0.3) is 0 Å². The van der Waals surface area contributed by atoms with E-state index in [1.807, 2.05) is 0 Å². The van der Waals surface area contributed by atoms with E-state index in [9.17, 15) is 4.79 Å². The third-order valence-electron chi connectivity index (χ3n) is 5.95. The highest BCUT2D eigenvalue weighted by Crippen LogP contribution is 2.31. The Bertz CT molecular complexity index is 791. The number of rotatable bonds is 4. The molecule has 7 heteroatoms. The molecule has 2 aliphatic rings. The van der Waals surface area contributed by atoms with Gasteiger partial charge in [-0.15, -0.1) is 11.3 Å². The van der Waals surface area contributed by atoms with Gasteiger partial charge < -0.3 is 10.2 Å². The smallest absolute Gasteiger partial charge is 0.234 e. The molecular formula is C20H29N5OS. The van der Waals surface area contributed by atoms with E-state index in [0.29, 0.717) is 12.6 Å². The van der Waals surface area contributed by atoms with Crippen molar-refractivity contribution in [3.8, 4) is 0 Å². The number of hydrogen-bond donors (Lipinski definition) is 1. The summed E-state index contributed by atoms with van der Waals surface area (Å²) in [5.41, 5.74) is 1.24. The summed E-state index contributed by atoms with van der Waals surface area (Å²) in [5, 5.41) is 6.57. The summed E-state index contributed by atoms with van der Waals surface area (Å²) < 4.78 is 0. The molecule has 3 heterocycles. The van der Waals surface area contributed by atoms with Crippen LogP contribution in [0.1, 0.15) is 38.2 Å². The Hall–Kier alpha value is -1.73. The van der Waals surface area contributed by atoms with E-state index in [4.69, 9.17) is 0 Å². The van der Waals surface area contributed by atoms with E-state index in [0.717, 1.165) is 55.6 Å². The Kier molecular flexibility index (Phi) is 5.59. The molecule has 1 saturated carbocycles. The molecule has 0 unspecified atom stereocenters. The van der Waals surface area contributed by atoms with Crippen LogP contribution in [0.3, 0.4) is 0 Å². The second kappa shape index (κ2) is 8.10. The van der Waals surface area contributed by atoms with Gasteiger partial charge in [0.2, 0.25) is 5.91 Å². The van der Waals surface area contributed by atoms with E-state index >= 15 is 0 Å². The van der Waals surface area contributed by atoms with Crippen molar-refractivity contribution >= 4 is 33.3 Å². The van der Waals surface area contributed by atoms with Crippen molar-refractivity contribution in [2.24, 2.45) is 5.92 Å². The van der Waals surface area contributed by atoms with Gasteiger partial charge in [-0.25, -0.2) is 9.97 Å². The standard InChI is InChI=1S/C20H29N5OS/c1-14-3-5-16(6-4-14)23-17(26)11-24-7-9-25(10-8-24)19-18-15(2)12-27-20(18)22-13-21-19/h12-14,16H,3-11H2,1-2H3,(H,23,26). The Balaban J connectivity index is 1.30. The largest absolute Gasteiger partial charge is 0.353 e. The van der Waals surface area contributed by atoms with Gasteiger partial charge in [0.1, 0.15) is 17.0 Å². The maximum Gasteiger partial charge on any atom is 0.234 e. The molecule has 1 saturated heterocycles. The van der Waals surface area contributed by atoms with Crippen molar-refractivity contribution in [3.63, 3.8) is 0 Å². The quantitative estimate of drug-likeness (QED) is 0.874. The number of aryl methyl sites for hydroxylation is 1. The van der Waals surface area contributed by atoms with Gasteiger partial charge in [-0.2, -0.15) is 0 Å². The van der Waals surface area contributed by atoms with Crippen molar-refractivity contribution in [2.75, 3.05) is 37.6 Å². The molecule has 0 bridgehead atoms. The summed E-state index contributed by atoms with van der Waals surface area (Å²) >= 11 is 1.68. The first-order chi connectivity index (χ1) is 13.1. The van der Waals surface area contributed by atoms with Crippen molar-refractivity contribution in [2.45, 2.75) is 45.6 Å². The van der Waals surface area contributed by atoms with Crippen LogP contribution >= 0.6 is 11.3 Å². The van der Waals surface area contributed by atoms with E-state index < -0.39 is 0 Å². The molecular weight excluding hydrogens is 358 g/mol. The first kappa shape index (κ1) is 18.6. The van der Waals surface area contributed by atoms with Gasteiger partial charge in [0, 0.05) is 32.2 Å². The average molecular weight is 388 g/mol. The van der Waals surface area contributed by atoms with Gasteiger partial charge in [0.15, 0.2) is 0 Å². The summed E-state index contributed by atoms with van der Waals surface area (Å²) in [5.74, 6) is 2.03. The lowest BCUT2D eigenvalue weighted by Gasteiger charge is -2.35. The zero-order valence-electron chi connectivity index (χ0n) is 16.3. The lowest BCUT2D eigenvalue weighted by molar-refractivity contribution is -0.123. The number of nitrogens with zero attached hydrogens (tertiary/aromatic N) is 4. The zero-order valence-corrected chi connectivity index (χ0v) is 17.1. The van der Waals surface area contributed by atoms with E-state index in [2.05, 4.69) is 44.3 Å². The summed E-state index contributed by atoms with van der Waals surface area (Å²) in [4.78, 5) is 27.0. The summed E-state index contributed by atoms with van der Waals surface area (Å²) in [6, 6.07) is 0.380. The fraction of sp³-hybridized carbons (Fsp3) is 0.650. The van der Waals surface area contributed by atoms with Gasteiger partial charge in [-0.3, -0.25) is 9.69 Å². The summed E-state index contributed by atoms with van der Waals surface area (Å²) in [7, 11) is 0. The second-order valence-corrected chi connectivity index (χ2v) is 8.94. The Morgan fingerprint density at radius 3 is 2.67 bits per heavy atom. The molecule has 0 atom stereocenters. The van der Waals surface area contributed by atoms with Crippen LogP contribution in [0.15, 0.2) is 11.7 Å². The zero-order chi connectivity index (χ0) is 18.8. The highest BCUT2D eigenvalue weighted by atomic mass is 32.1. The van der Waals surface area contributed by atoms with Crippen molar-refractivity contribution in [1.29, 1.82) is 0 Å². The number of carbonyl (C=O) groups excluding carboxylic acids is 1. The molecule has 1 N–H and O–H groups in total. The lowest BCUT2D eigenvalue weighted by Crippen LogP contribution is -2.51. The minimum absolute atomic E-state index is 0.182. The van der Waals surface area contributed by atoms with Crippen LogP contribution in [-0.4, -0.2) is 59.5 Å². The topological polar surface area (TPSA) is 61.4 Å². The third kappa shape index (κ3) is 4.24. The molecule has 2 aromatic rings. The molecule has 1 aliphatic heterocycles. The van der Waals surface area contributed by atoms with Gasteiger partial charge in [-0.05, 0) is 49.5 Å². The minimum atomic E-state index is 0.182. The molecule has 0 spiro atoms. The molecule has 2 fully saturated rings. The minimum Gasteiger partial charge on any atom is -0.353 e. The first-order valence-corrected chi connectivity index (χ1v) is 10.9. The molecule has 2 aromatic heterocycles. The van der Waals surface area contributed by atoms with Crippen LogP contribution in [0.2, 0.25) is 0 Å². The molecule has 1 amide bonds. The van der Waals surface area contributed by atoms with Crippen LogP contribution in [0, 0.1) is 12.8 Å². The molecule has 146 valence electrons. The second-order valence-electron chi connectivity index (χ2n) is 8.08. The van der Waals surface area contributed by atoms with Crippen molar-refractivity contribution < 1.29 is 4.79 Å². The normalized spacial score (nSPS) is 24.3. The molecule has 27 heavy (non-hydrogen) atoms. The maximum absolute atomic E-state index is 12.4. The number of anilines is 1. The van der Waals surface area contributed by atoms with Crippen LogP contribution in [-0.2, 0) is 4.79 Å². The fourth-order valence-electron chi connectivity index (χ4n) is 4.24. The molecule has 0 aromatic carbocycles. The monoisotopic (exact) mass is 387 g/mol. The summed E-state index contributed by atoms with van der Waals surface area (Å²) in [6.07, 6.45) is 6.39. The van der Waals surface area contributed by atoms with Gasteiger partial charge in [-0.1, -0.05) is 6.92 Å². The number of thiophene rings is 1. The van der Waals surface area contributed by atoms with Crippen LogP contribution in [0.25, 0.3) is 10.2 Å². The lowest BCUT2D eigenvalue weighted by atomic mass is 9.87. The number of carbonyl (C=O) groups is 1. The Morgan fingerprint density at radius 1 is 1.19 bits per heavy atom. The number of hydrogen-bond acceptors (Lipinski definition) is 6. The third-order valence-corrected chi connectivity index (χ3v) is 6.96. The summed E-state index contributed by atoms with van der Waals surface area (Å²) in [6.45, 7) is 8.52. The molecule has 4 rings (SSSR count). The SMILES string of the molecule is Cc1csc2ncnc(N3CCN(CC(=O)NC4CCC(C)CC4)CC3)c12. The van der Waals surface area contributed by atoms with E-state index in [1.165, 1.54) is 23.8 Å². The van der Waals surface area contributed by atoms with Gasteiger partial charge in [0.05, 0.1) is 11.9 Å². The highest BCUT2D eigenvalue weighted by molar-refractivity contribution is 7.17. The first-order valence-electron chi connectivity index (χ1n) is 10.1.